The van der Waals surface area contributed by atoms with Gasteiger partial charge in [-0.15, -0.1) is 0 Å². The highest BCUT2D eigenvalue weighted by molar-refractivity contribution is 6.51. The molecule has 2 N–H and O–H groups in total. The fourth-order valence-corrected chi connectivity index (χ4v) is 3.09. The van der Waals surface area contributed by atoms with Crippen LogP contribution in [0, 0.1) is 0 Å². The molecule has 1 nitrogen and oxygen atoms in total. The summed E-state index contributed by atoms with van der Waals surface area (Å²) in [6.45, 7) is 2.05. The summed E-state index contributed by atoms with van der Waals surface area (Å²) in [5.41, 5.74) is 8.63. The van der Waals surface area contributed by atoms with E-state index in [1.165, 1.54) is 0 Å². The second kappa shape index (κ2) is 6.55. The molecule has 0 aliphatic carbocycles. The number of nitrogens with two attached hydrogens (primary N) is 1. The van der Waals surface area contributed by atoms with E-state index in [0.29, 0.717) is 25.7 Å². The molecule has 0 heterocycles. The van der Waals surface area contributed by atoms with Crippen LogP contribution in [0.1, 0.15) is 24.9 Å². The molecule has 0 amide bonds. The van der Waals surface area contributed by atoms with Crippen LogP contribution in [-0.2, 0) is 0 Å². The lowest BCUT2D eigenvalue weighted by atomic mass is 10.00. The molecule has 0 saturated carbocycles. The Morgan fingerprint density at radius 1 is 0.950 bits per heavy atom. The molecule has 2 rings (SSSR count). The molecule has 0 radical (unpaired) electrons. The average molecular weight is 349 g/mol. The SMILES string of the molecule is CCC(N)c1ccc(-c2c(Cl)cc(Cl)c(Cl)c2Cl)cc1. The van der Waals surface area contributed by atoms with Crippen LogP contribution in [0.15, 0.2) is 30.3 Å². The van der Waals surface area contributed by atoms with E-state index < -0.39 is 0 Å². The lowest BCUT2D eigenvalue weighted by molar-refractivity contribution is 0.699. The first-order chi connectivity index (χ1) is 9.45. The van der Waals surface area contributed by atoms with Gasteiger partial charge in [-0.2, -0.15) is 0 Å². The minimum absolute atomic E-state index is 0.0313. The number of halogens is 4. The Labute approximate surface area is 138 Å². The number of hydrogen-bond donors (Lipinski definition) is 1. The lowest BCUT2D eigenvalue weighted by Crippen LogP contribution is -2.08. The molecule has 0 bridgehead atoms. The highest BCUT2D eigenvalue weighted by atomic mass is 35.5. The smallest absolute Gasteiger partial charge is 0.0785 e. The molecule has 20 heavy (non-hydrogen) atoms. The molecule has 106 valence electrons. The fourth-order valence-electron chi connectivity index (χ4n) is 1.96. The standard InChI is InChI=1S/C15H13Cl4N/c1-2-12(20)8-3-5-9(6-4-8)13-10(16)7-11(17)14(18)15(13)19/h3-7,12H,2,20H2,1H3. The average Bonchev–Trinajstić information content (AvgIpc) is 2.45. The number of hydrogen-bond acceptors (Lipinski definition) is 1. The fraction of sp³-hybridized carbons (Fsp3) is 0.200. The Morgan fingerprint density at radius 2 is 1.55 bits per heavy atom. The first kappa shape index (κ1) is 15.9. The molecule has 1 atom stereocenters. The molecule has 1 unspecified atom stereocenters. The van der Waals surface area contributed by atoms with Gasteiger partial charge in [0.1, 0.15) is 0 Å². The molecule has 5 heteroatoms. The number of benzene rings is 2. The third kappa shape index (κ3) is 3.08. The van der Waals surface area contributed by atoms with Crippen molar-refractivity contribution in [3.05, 3.63) is 56.0 Å². The van der Waals surface area contributed by atoms with Crippen LogP contribution < -0.4 is 5.73 Å². The molecule has 0 saturated heterocycles. The zero-order valence-corrected chi connectivity index (χ0v) is 13.8. The van der Waals surface area contributed by atoms with Gasteiger partial charge in [0.25, 0.3) is 0 Å². The van der Waals surface area contributed by atoms with Crippen molar-refractivity contribution in [3.8, 4) is 11.1 Å². The van der Waals surface area contributed by atoms with Crippen LogP contribution in [0.2, 0.25) is 20.1 Å². The van der Waals surface area contributed by atoms with Crippen LogP contribution in [0.5, 0.6) is 0 Å². The zero-order chi connectivity index (χ0) is 14.9. The summed E-state index contributed by atoms with van der Waals surface area (Å²) >= 11 is 24.5. The largest absolute Gasteiger partial charge is 0.324 e. The van der Waals surface area contributed by atoms with Crippen molar-refractivity contribution in [2.24, 2.45) is 5.73 Å². The maximum absolute atomic E-state index is 6.24. The van der Waals surface area contributed by atoms with E-state index in [-0.39, 0.29) is 6.04 Å². The maximum Gasteiger partial charge on any atom is 0.0785 e. The summed E-state index contributed by atoms with van der Waals surface area (Å²) in [5, 5.41) is 1.48. The van der Waals surface area contributed by atoms with Crippen molar-refractivity contribution in [1.29, 1.82) is 0 Å². The number of rotatable bonds is 3. The van der Waals surface area contributed by atoms with E-state index in [1.807, 2.05) is 31.2 Å². The second-order valence-corrected chi connectivity index (χ2v) is 6.05. The molecular formula is C15H13Cl4N. The quantitative estimate of drug-likeness (QED) is 0.505. The third-order valence-corrected chi connectivity index (χ3v) is 4.74. The summed E-state index contributed by atoms with van der Waals surface area (Å²) in [5.74, 6) is 0. The highest BCUT2D eigenvalue weighted by Crippen LogP contribution is 2.43. The molecule has 2 aromatic rings. The maximum atomic E-state index is 6.24. The Kier molecular flexibility index (Phi) is 5.22. The van der Waals surface area contributed by atoms with E-state index in [2.05, 4.69) is 0 Å². The summed E-state index contributed by atoms with van der Waals surface area (Å²) < 4.78 is 0. The van der Waals surface area contributed by atoms with Crippen molar-refractivity contribution in [2.45, 2.75) is 19.4 Å². The van der Waals surface area contributed by atoms with Gasteiger partial charge in [-0.25, -0.2) is 0 Å². The Hall–Kier alpha value is -0.440. The van der Waals surface area contributed by atoms with Crippen LogP contribution in [0.25, 0.3) is 11.1 Å². The highest BCUT2D eigenvalue weighted by Gasteiger charge is 2.15. The third-order valence-electron chi connectivity index (χ3n) is 3.18. The van der Waals surface area contributed by atoms with Crippen molar-refractivity contribution in [3.63, 3.8) is 0 Å². The van der Waals surface area contributed by atoms with E-state index in [1.54, 1.807) is 6.07 Å². The minimum Gasteiger partial charge on any atom is -0.324 e. The summed E-state index contributed by atoms with van der Waals surface area (Å²) in [6.07, 6.45) is 0.883. The van der Waals surface area contributed by atoms with Crippen molar-refractivity contribution in [2.75, 3.05) is 0 Å². The van der Waals surface area contributed by atoms with Gasteiger partial charge in [-0.1, -0.05) is 77.6 Å². The van der Waals surface area contributed by atoms with Crippen molar-refractivity contribution < 1.29 is 0 Å². The van der Waals surface area contributed by atoms with E-state index in [0.717, 1.165) is 17.5 Å². The molecule has 0 fully saturated rings. The predicted octanol–water partition coefficient (Wildman–Crippen LogP) is 6.38. The predicted molar refractivity (Wildman–Crippen MR) is 89.1 cm³/mol. The Morgan fingerprint density at radius 3 is 2.10 bits per heavy atom. The van der Waals surface area contributed by atoms with Gasteiger partial charge in [0.05, 0.1) is 20.1 Å². The topological polar surface area (TPSA) is 26.0 Å². The van der Waals surface area contributed by atoms with Gasteiger partial charge < -0.3 is 5.73 Å². The van der Waals surface area contributed by atoms with E-state index >= 15 is 0 Å². The van der Waals surface area contributed by atoms with Crippen molar-refractivity contribution in [1.82, 2.24) is 0 Å². The normalized spacial score (nSPS) is 12.5. The van der Waals surface area contributed by atoms with Crippen LogP contribution in [-0.4, -0.2) is 0 Å². The first-order valence-electron chi connectivity index (χ1n) is 6.14. The molecule has 2 aromatic carbocycles. The summed E-state index contributed by atoms with van der Waals surface area (Å²) in [4.78, 5) is 0. The van der Waals surface area contributed by atoms with Gasteiger partial charge in [-0.3, -0.25) is 0 Å². The molecule has 0 aliphatic rings. The Bertz CT molecular complexity index is 623. The van der Waals surface area contributed by atoms with Crippen LogP contribution in [0.3, 0.4) is 0 Å². The van der Waals surface area contributed by atoms with Gasteiger partial charge in [0, 0.05) is 11.6 Å². The molecule has 0 aromatic heterocycles. The van der Waals surface area contributed by atoms with Gasteiger partial charge >= 0.3 is 0 Å². The zero-order valence-electron chi connectivity index (χ0n) is 10.8. The van der Waals surface area contributed by atoms with Gasteiger partial charge in [0.15, 0.2) is 0 Å². The van der Waals surface area contributed by atoms with E-state index in [9.17, 15) is 0 Å². The van der Waals surface area contributed by atoms with Crippen LogP contribution in [0.4, 0.5) is 0 Å². The monoisotopic (exact) mass is 347 g/mol. The van der Waals surface area contributed by atoms with Crippen LogP contribution >= 0.6 is 46.4 Å². The van der Waals surface area contributed by atoms with Gasteiger partial charge in [0.2, 0.25) is 0 Å². The summed E-state index contributed by atoms with van der Waals surface area (Å²) in [6, 6.07) is 9.43. The summed E-state index contributed by atoms with van der Waals surface area (Å²) in [7, 11) is 0. The second-order valence-electron chi connectivity index (χ2n) is 4.48. The Balaban J connectivity index is 2.50. The molecule has 0 spiro atoms. The van der Waals surface area contributed by atoms with Gasteiger partial charge in [-0.05, 0) is 23.6 Å². The first-order valence-corrected chi connectivity index (χ1v) is 7.65. The van der Waals surface area contributed by atoms with E-state index in [4.69, 9.17) is 52.1 Å². The molecular weight excluding hydrogens is 336 g/mol. The minimum atomic E-state index is 0.0313. The molecule has 0 aliphatic heterocycles. The van der Waals surface area contributed by atoms with Crippen molar-refractivity contribution >= 4 is 46.4 Å². The lowest BCUT2D eigenvalue weighted by Gasteiger charge is -2.13.